The molecule has 1 rings (SSSR count). The van der Waals surface area contributed by atoms with Gasteiger partial charge < -0.3 is 5.11 Å². The lowest BCUT2D eigenvalue weighted by molar-refractivity contribution is -0.140. The molecule has 1 unspecified atom stereocenters. The van der Waals surface area contributed by atoms with Crippen molar-refractivity contribution in [2.24, 2.45) is 0 Å². The molecule has 120 valence electrons. The fourth-order valence-electron chi connectivity index (χ4n) is 1.61. The summed E-state index contributed by atoms with van der Waals surface area (Å²) in [6.45, 7) is 1.46. The molecule has 0 aliphatic carbocycles. The van der Waals surface area contributed by atoms with Gasteiger partial charge in [0.15, 0.2) is 0 Å². The molecule has 0 fully saturated rings. The van der Waals surface area contributed by atoms with Crippen LogP contribution in [-0.2, 0) is 16.2 Å². The van der Waals surface area contributed by atoms with Crippen molar-refractivity contribution in [3.63, 3.8) is 0 Å². The second kappa shape index (κ2) is 6.71. The minimum absolute atomic E-state index is 0.226. The molecule has 0 aliphatic rings. The Balaban J connectivity index is 2.99. The van der Waals surface area contributed by atoms with Crippen molar-refractivity contribution >= 4 is 10.0 Å². The van der Waals surface area contributed by atoms with Crippen molar-refractivity contribution in [1.82, 2.24) is 4.72 Å². The van der Waals surface area contributed by atoms with Gasteiger partial charge in [-0.15, -0.1) is 0 Å². The summed E-state index contributed by atoms with van der Waals surface area (Å²) in [7, 11) is -4.25. The number of rotatable bonds is 6. The summed E-state index contributed by atoms with van der Waals surface area (Å²) in [5.41, 5.74) is -1.65. The molecular weight excluding hydrogens is 314 g/mol. The van der Waals surface area contributed by atoms with E-state index >= 15 is 0 Å². The number of hydrogen-bond acceptors (Lipinski definition) is 3. The highest BCUT2D eigenvalue weighted by Gasteiger charge is 2.35. The third-order valence-corrected chi connectivity index (χ3v) is 4.11. The van der Waals surface area contributed by atoms with Gasteiger partial charge in [-0.2, -0.15) is 13.2 Å². The van der Waals surface area contributed by atoms with E-state index in [9.17, 15) is 31.1 Å². The second-order valence-electron chi connectivity index (χ2n) is 4.43. The monoisotopic (exact) mass is 329 g/mol. The van der Waals surface area contributed by atoms with Gasteiger partial charge in [0.25, 0.3) is 0 Å². The number of aliphatic hydroxyl groups is 1. The first-order chi connectivity index (χ1) is 9.58. The van der Waals surface area contributed by atoms with E-state index in [2.05, 4.69) is 0 Å². The SMILES string of the molecule is CCCC(O)CNS(=O)(=O)c1ccc(F)c(C(F)(F)F)c1. The van der Waals surface area contributed by atoms with E-state index in [0.29, 0.717) is 18.9 Å². The molecule has 2 N–H and O–H groups in total. The van der Waals surface area contributed by atoms with Crippen molar-refractivity contribution in [1.29, 1.82) is 0 Å². The van der Waals surface area contributed by atoms with E-state index in [1.54, 1.807) is 6.92 Å². The standard InChI is InChI=1S/C12H15F4NO3S/c1-2-3-8(18)7-17-21(19,20)9-4-5-11(13)10(6-9)12(14,15)16/h4-6,8,17-18H,2-3,7H2,1H3. The zero-order valence-corrected chi connectivity index (χ0v) is 11.9. The number of sulfonamides is 1. The maximum atomic E-state index is 13.1. The Morgan fingerprint density at radius 1 is 1.33 bits per heavy atom. The summed E-state index contributed by atoms with van der Waals surface area (Å²) in [5, 5.41) is 9.42. The van der Waals surface area contributed by atoms with E-state index in [4.69, 9.17) is 0 Å². The van der Waals surface area contributed by atoms with Gasteiger partial charge in [-0.3, -0.25) is 0 Å². The molecule has 0 bridgehead atoms. The van der Waals surface area contributed by atoms with Gasteiger partial charge >= 0.3 is 6.18 Å². The molecule has 1 aromatic rings. The van der Waals surface area contributed by atoms with Crippen molar-refractivity contribution in [3.8, 4) is 0 Å². The Morgan fingerprint density at radius 2 is 1.95 bits per heavy atom. The van der Waals surface area contributed by atoms with Crippen molar-refractivity contribution in [2.45, 2.75) is 36.9 Å². The average molecular weight is 329 g/mol. The zero-order chi connectivity index (χ0) is 16.3. The molecule has 0 amide bonds. The van der Waals surface area contributed by atoms with Crippen molar-refractivity contribution in [2.75, 3.05) is 6.54 Å². The summed E-state index contributed by atoms with van der Waals surface area (Å²) in [5.74, 6) is -1.55. The maximum Gasteiger partial charge on any atom is 0.419 e. The highest BCUT2D eigenvalue weighted by atomic mass is 32.2. The van der Waals surface area contributed by atoms with Crippen LogP contribution in [0.2, 0.25) is 0 Å². The lowest BCUT2D eigenvalue weighted by Crippen LogP contribution is -2.32. The van der Waals surface area contributed by atoms with Gasteiger partial charge in [-0.25, -0.2) is 17.5 Å². The van der Waals surface area contributed by atoms with Crippen molar-refractivity contribution < 1.29 is 31.1 Å². The number of halogens is 4. The summed E-state index contributed by atoms with van der Waals surface area (Å²) in [4.78, 5) is -0.708. The van der Waals surface area contributed by atoms with E-state index in [-0.39, 0.29) is 12.6 Å². The Hall–Kier alpha value is -1.19. The highest BCUT2D eigenvalue weighted by molar-refractivity contribution is 7.89. The quantitative estimate of drug-likeness (QED) is 0.787. The minimum atomic E-state index is -4.99. The largest absolute Gasteiger partial charge is 0.419 e. The number of nitrogens with one attached hydrogen (secondary N) is 1. The lowest BCUT2D eigenvalue weighted by Gasteiger charge is -2.13. The van der Waals surface area contributed by atoms with Gasteiger partial charge in [0.1, 0.15) is 5.82 Å². The molecule has 1 atom stereocenters. The number of hydrogen-bond donors (Lipinski definition) is 2. The molecule has 21 heavy (non-hydrogen) atoms. The molecule has 4 nitrogen and oxygen atoms in total. The summed E-state index contributed by atoms with van der Waals surface area (Å²) >= 11 is 0. The second-order valence-corrected chi connectivity index (χ2v) is 6.20. The number of benzene rings is 1. The van der Waals surface area contributed by atoms with Crippen LogP contribution in [0.3, 0.4) is 0 Å². The summed E-state index contributed by atoms with van der Waals surface area (Å²) in [6, 6.07) is 1.41. The van der Waals surface area contributed by atoms with Crippen LogP contribution >= 0.6 is 0 Å². The van der Waals surface area contributed by atoms with E-state index in [0.717, 1.165) is 6.07 Å². The minimum Gasteiger partial charge on any atom is -0.392 e. The third kappa shape index (κ3) is 4.94. The van der Waals surface area contributed by atoms with Crippen LogP contribution in [0.25, 0.3) is 0 Å². The summed E-state index contributed by atoms with van der Waals surface area (Å²) in [6.07, 6.45) is -4.96. The molecule has 0 aliphatic heterocycles. The highest BCUT2D eigenvalue weighted by Crippen LogP contribution is 2.32. The maximum absolute atomic E-state index is 13.1. The zero-order valence-electron chi connectivity index (χ0n) is 11.1. The fraction of sp³-hybridized carbons (Fsp3) is 0.500. The van der Waals surface area contributed by atoms with Gasteiger partial charge in [0, 0.05) is 6.54 Å². The first kappa shape index (κ1) is 17.9. The molecule has 0 radical (unpaired) electrons. The van der Waals surface area contributed by atoms with Crippen LogP contribution in [0.4, 0.5) is 17.6 Å². The molecule has 9 heteroatoms. The van der Waals surface area contributed by atoms with Crippen LogP contribution in [0.5, 0.6) is 0 Å². The Morgan fingerprint density at radius 3 is 2.48 bits per heavy atom. The molecule has 0 spiro atoms. The van der Waals surface area contributed by atoms with Gasteiger partial charge in [-0.05, 0) is 24.6 Å². The molecule has 0 aromatic heterocycles. The van der Waals surface area contributed by atoms with Crippen LogP contribution in [0.15, 0.2) is 23.1 Å². The normalized spacial score (nSPS) is 14.2. The number of alkyl halides is 3. The van der Waals surface area contributed by atoms with Crippen LogP contribution < -0.4 is 4.72 Å². The van der Waals surface area contributed by atoms with Gasteiger partial charge in [0.05, 0.1) is 16.6 Å². The molecular formula is C12H15F4NO3S. The van der Waals surface area contributed by atoms with Crippen LogP contribution in [0.1, 0.15) is 25.3 Å². The van der Waals surface area contributed by atoms with Gasteiger partial charge in [-0.1, -0.05) is 13.3 Å². The average Bonchev–Trinajstić information content (AvgIpc) is 2.36. The molecule has 1 aromatic carbocycles. The fourth-order valence-corrected chi connectivity index (χ4v) is 2.71. The molecule has 0 saturated heterocycles. The third-order valence-electron chi connectivity index (χ3n) is 2.68. The van der Waals surface area contributed by atoms with E-state index in [1.807, 2.05) is 4.72 Å². The van der Waals surface area contributed by atoms with Crippen LogP contribution in [0, 0.1) is 5.82 Å². The lowest BCUT2D eigenvalue weighted by atomic mass is 10.2. The van der Waals surface area contributed by atoms with E-state index < -0.39 is 38.6 Å². The Bertz CT molecular complexity index is 587. The predicted octanol–water partition coefficient (Wildman–Crippen LogP) is 2.28. The Kier molecular flexibility index (Phi) is 5.71. The van der Waals surface area contributed by atoms with E-state index in [1.165, 1.54) is 0 Å². The van der Waals surface area contributed by atoms with Crippen LogP contribution in [-0.4, -0.2) is 26.2 Å². The van der Waals surface area contributed by atoms with Gasteiger partial charge in [0.2, 0.25) is 10.0 Å². The smallest absolute Gasteiger partial charge is 0.392 e. The predicted molar refractivity (Wildman–Crippen MR) is 67.5 cm³/mol. The summed E-state index contributed by atoms with van der Waals surface area (Å²) < 4.78 is 76.3. The topological polar surface area (TPSA) is 66.4 Å². The van der Waals surface area contributed by atoms with Crippen molar-refractivity contribution in [3.05, 3.63) is 29.6 Å². The first-order valence-electron chi connectivity index (χ1n) is 6.12. The number of aliphatic hydroxyl groups excluding tert-OH is 1. The first-order valence-corrected chi connectivity index (χ1v) is 7.60. The molecule has 0 saturated carbocycles. The Labute approximate surface area is 119 Å². The molecule has 0 heterocycles.